The zero-order valence-corrected chi connectivity index (χ0v) is 5.84. The Morgan fingerprint density at radius 3 is 2.89 bits per heavy atom. The summed E-state index contributed by atoms with van der Waals surface area (Å²) in [5, 5.41) is 8.81. The molecular formula is C7H14O2. The molecule has 0 spiro atoms. The molecule has 0 aromatic rings. The average molecular weight is 130 g/mol. The summed E-state index contributed by atoms with van der Waals surface area (Å²) >= 11 is 0. The first-order chi connectivity index (χ1) is 4.34. The number of hydrogen-bond acceptors (Lipinski definition) is 2. The van der Waals surface area contributed by atoms with Crippen LogP contribution >= 0.6 is 0 Å². The molecule has 1 aliphatic heterocycles. The summed E-state index contributed by atoms with van der Waals surface area (Å²) in [5.41, 5.74) is 0. The lowest BCUT2D eigenvalue weighted by atomic mass is 9.91. The van der Waals surface area contributed by atoms with E-state index in [2.05, 4.69) is 6.92 Å². The van der Waals surface area contributed by atoms with E-state index in [-0.39, 0.29) is 0 Å². The molecule has 1 heterocycles. The Balaban J connectivity index is 2.30. The summed E-state index contributed by atoms with van der Waals surface area (Å²) in [6.45, 7) is 4.10. The fraction of sp³-hybridized carbons (Fsp3) is 1.00. The van der Waals surface area contributed by atoms with Gasteiger partial charge >= 0.3 is 0 Å². The molecule has 2 unspecified atom stereocenters. The van der Waals surface area contributed by atoms with Crippen molar-refractivity contribution in [3.05, 3.63) is 0 Å². The second kappa shape index (κ2) is 3.18. The molecule has 9 heavy (non-hydrogen) atoms. The van der Waals surface area contributed by atoms with Gasteiger partial charge in [0.25, 0.3) is 0 Å². The van der Waals surface area contributed by atoms with Gasteiger partial charge < -0.3 is 9.84 Å². The number of aliphatic hydroxyl groups excluding tert-OH is 1. The van der Waals surface area contributed by atoms with Gasteiger partial charge in [0.05, 0.1) is 0 Å². The summed E-state index contributed by atoms with van der Waals surface area (Å²) < 4.78 is 5.20. The quantitative estimate of drug-likeness (QED) is 0.564. The molecule has 0 saturated carbocycles. The van der Waals surface area contributed by atoms with Crippen molar-refractivity contribution in [1.29, 1.82) is 0 Å². The van der Waals surface area contributed by atoms with Crippen LogP contribution in [0.4, 0.5) is 0 Å². The largest absolute Gasteiger partial charge is 0.396 e. The molecule has 1 aliphatic rings. The summed E-state index contributed by atoms with van der Waals surface area (Å²) in [7, 11) is 0. The van der Waals surface area contributed by atoms with Crippen molar-refractivity contribution in [3.63, 3.8) is 0 Å². The third-order valence-electron chi connectivity index (χ3n) is 2.05. The van der Waals surface area contributed by atoms with E-state index in [1.165, 1.54) is 0 Å². The molecule has 0 aromatic carbocycles. The Labute approximate surface area is 55.8 Å². The lowest BCUT2D eigenvalue weighted by molar-refractivity contribution is 0.00415. The molecule has 2 heteroatoms. The van der Waals surface area contributed by atoms with E-state index in [1.54, 1.807) is 0 Å². The smallest absolute Gasteiger partial charge is 0.0495 e. The monoisotopic (exact) mass is 130 g/mol. The standard InChI is InChI=1S/C7H14O2/c1-6-5-9-3-2-7(6)4-8/h6-8H,2-5H2,1H3. The van der Waals surface area contributed by atoms with Crippen molar-refractivity contribution in [3.8, 4) is 0 Å². The Kier molecular flexibility index (Phi) is 2.49. The van der Waals surface area contributed by atoms with Crippen molar-refractivity contribution in [2.45, 2.75) is 13.3 Å². The third kappa shape index (κ3) is 1.66. The summed E-state index contributed by atoms with van der Waals surface area (Å²) in [6.07, 6.45) is 1.03. The molecule has 2 atom stereocenters. The first kappa shape index (κ1) is 7.03. The van der Waals surface area contributed by atoms with Gasteiger partial charge in [0.1, 0.15) is 0 Å². The lowest BCUT2D eigenvalue weighted by Crippen LogP contribution is -2.27. The molecule has 0 aliphatic carbocycles. The highest BCUT2D eigenvalue weighted by atomic mass is 16.5. The van der Waals surface area contributed by atoms with E-state index in [0.717, 1.165) is 19.6 Å². The first-order valence-corrected chi connectivity index (χ1v) is 3.53. The van der Waals surface area contributed by atoms with Crippen LogP contribution in [0.1, 0.15) is 13.3 Å². The zero-order chi connectivity index (χ0) is 6.69. The van der Waals surface area contributed by atoms with Crippen LogP contribution in [0, 0.1) is 11.8 Å². The van der Waals surface area contributed by atoms with Gasteiger partial charge in [0.15, 0.2) is 0 Å². The molecule has 1 rings (SSSR count). The Hall–Kier alpha value is -0.0800. The maximum Gasteiger partial charge on any atom is 0.0495 e. The van der Waals surface area contributed by atoms with Crippen LogP contribution in [0.15, 0.2) is 0 Å². The first-order valence-electron chi connectivity index (χ1n) is 3.53. The van der Waals surface area contributed by atoms with Gasteiger partial charge in [0.2, 0.25) is 0 Å². The molecule has 0 radical (unpaired) electrons. The summed E-state index contributed by atoms with van der Waals surface area (Å²) in [5.74, 6) is 1.03. The lowest BCUT2D eigenvalue weighted by Gasteiger charge is -2.26. The normalized spacial score (nSPS) is 36.7. The summed E-state index contributed by atoms with van der Waals surface area (Å²) in [4.78, 5) is 0. The molecule has 1 N–H and O–H groups in total. The van der Waals surface area contributed by atoms with E-state index < -0.39 is 0 Å². The minimum absolute atomic E-state index is 0.324. The van der Waals surface area contributed by atoms with Crippen LogP contribution in [0.25, 0.3) is 0 Å². The van der Waals surface area contributed by atoms with Gasteiger partial charge in [-0.15, -0.1) is 0 Å². The van der Waals surface area contributed by atoms with Crippen molar-refractivity contribution < 1.29 is 9.84 Å². The number of hydrogen-bond donors (Lipinski definition) is 1. The highest BCUT2D eigenvalue weighted by Crippen LogP contribution is 2.19. The molecular weight excluding hydrogens is 116 g/mol. The predicted octanol–water partition coefficient (Wildman–Crippen LogP) is 0.651. The van der Waals surface area contributed by atoms with E-state index in [9.17, 15) is 0 Å². The zero-order valence-electron chi connectivity index (χ0n) is 5.84. The molecule has 54 valence electrons. The van der Waals surface area contributed by atoms with Crippen molar-refractivity contribution >= 4 is 0 Å². The van der Waals surface area contributed by atoms with Crippen LogP contribution in [0.5, 0.6) is 0 Å². The average Bonchev–Trinajstić information content (AvgIpc) is 1.89. The number of aliphatic hydroxyl groups is 1. The highest BCUT2D eigenvalue weighted by molar-refractivity contribution is 4.68. The maximum atomic E-state index is 8.81. The molecule has 1 saturated heterocycles. The van der Waals surface area contributed by atoms with Gasteiger partial charge in [-0.25, -0.2) is 0 Å². The second-order valence-electron chi connectivity index (χ2n) is 2.78. The number of rotatable bonds is 1. The van der Waals surface area contributed by atoms with E-state index in [0.29, 0.717) is 18.4 Å². The van der Waals surface area contributed by atoms with E-state index in [4.69, 9.17) is 9.84 Å². The second-order valence-corrected chi connectivity index (χ2v) is 2.78. The van der Waals surface area contributed by atoms with E-state index in [1.807, 2.05) is 0 Å². The van der Waals surface area contributed by atoms with Crippen molar-refractivity contribution in [2.24, 2.45) is 11.8 Å². The predicted molar refractivity (Wildman–Crippen MR) is 35.2 cm³/mol. The van der Waals surface area contributed by atoms with Gasteiger partial charge in [-0.05, 0) is 18.3 Å². The fourth-order valence-electron chi connectivity index (χ4n) is 1.20. The fourth-order valence-corrected chi connectivity index (χ4v) is 1.20. The van der Waals surface area contributed by atoms with E-state index >= 15 is 0 Å². The third-order valence-corrected chi connectivity index (χ3v) is 2.05. The minimum Gasteiger partial charge on any atom is -0.396 e. The van der Waals surface area contributed by atoms with Gasteiger partial charge in [-0.3, -0.25) is 0 Å². The van der Waals surface area contributed by atoms with Crippen molar-refractivity contribution in [2.75, 3.05) is 19.8 Å². The Morgan fingerprint density at radius 2 is 2.44 bits per heavy atom. The molecule has 2 nitrogen and oxygen atoms in total. The Morgan fingerprint density at radius 1 is 1.67 bits per heavy atom. The van der Waals surface area contributed by atoms with Crippen molar-refractivity contribution in [1.82, 2.24) is 0 Å². The SMILES string of the molecule is CC1COCCC1CO. The van der Waals surface area contributed by atoms with Crippen LogP contribution in [0.2, 0.25) is 0 Å². The topological polar surface area (TPSA) is 29.5 Å². The van der Waals surface area contributed by atoms with Crippen LogP contribution in [-0.4, -0.2) is 24.9 Å². The van der Waals surface area contributed by atoms with Gasteiger partial charge in [-0.1, -0.05) is 6.92 Å². The van der Waals surface area contributed by atoms with Crippen LogP contribution in [-0.2, 0) is 4.74 Å². The van der Waals surface area contributed by atoms with Gasteiger partial charge in [-0.2, -0.15) is 0 Å². The number of ether oxygens (including phenoxy) is 1. The summed E-state index contributed by atoms with van der Waals surface area (Å²) in [6, 6.07) is 0. The maximum absolute atomic E-state index is 8.81. The van der Waals surface area contributed by atoms with Crippen LogP contribution < -0.4 is 0 Å². The minimum atomic E-state index is 0.324. The van der Waals surface area contributed by atoms with Gasteiger partial charge in [0, 0.05) is 19.8 Å². The molecule has 0 bridgehead atoms. The molecule has 0 aromatic heterocycles. The molecule has 1 fully saturated rings. The Bertz CT molecular complexity index is 83.0. The highest BCUT2D eigenvalue weighted by Gasteiger charge is 2.20. The van der Waals surface area contributed by atoms with Crippen LogP contribution in [0.3, 0.4) is 0 Å². The molecule has 0 amide bonds.